The zero-order chi connectivity index (χ0) is 28.5. The van der Waals surface area contributed by atoms with Crippen LogP contribution in [0.1, 0.15) is 36.3 Å². The van der Waals surface area contributed by atoms with Crippen LogP contribution in [0.25, 0.3) is 11.6 Å². The standard InChI is InChI=1S/C32H32BNO7/c35-18-22-16-26-30(32(38)34(31(26)37)23-9-5-2-6-10-23)27-17-33(39)41-28(29(22)27)14-11-21(20-7-3-1-4-8-20)15-24-12-13-25(19-36)40-24/h1-10,12-13,15,26-28,30,35-36,39H,11,14,16-19H2/b21-15-/t26-,27+,28-,30-/m1/s1. The van der Waals surface area contributed by atoms with E-state index >= 15 is 0 Å². The van der Waals surface area contributed by atoms with Crippen molar-refractivity contribution in [3.8, 4) is 0 Å². The van der Waals surface area contributed by atoms with E-state index in [1.165, 1.54) is 4.90 Å². The number of fused-ring (bicyclic) bond motifs is 3. The Labute approximate surface area is 238 Å². The molecule has 2 aliphatic heterocycles. The van der Waals surface area contributed by atoms with Gasteiger partial charge in [0, 0.05) is 0 Å². The van der Waals surface area contributed by atoms with Crippen LogP contribution in [0.15, 0.2) is 88.4 Å². The van der Waals surface area contributed by atoms with Crippen molar-refractivity contribution in [2.75, 3.05) is 11.5 Å². The van der Waals surface area contributed by atoms with Crippen molar-refractivity contribution in [1.29, 1.82) is 0 Å². The molecule has 2 saturated heterocycles. The molecule has 0 bridgehead atoms. The average molecular weight is 553 g/mol. The molecule has 3 aliphatic rings. The zero-order valence-corrected chi connectivity index (χ0v) is 22.6. The Balaban J connectivity index is 1.30. The Kier molecular flexibility index (Phi) is 7.77. The molecule has 9 heteroatoms. The number of allylic oxidation sites excluding steroid dienone is 1. The third kappa shape index (κ3) is 5.22. The van der Waals surface area contributed by atoms with Crippen molar-refractivity contribution in [2.45, 2.75) is 38.3 Å². The second-order valence-electron chi connectivity index (χ2n) is 10.9. The minimum Gasteiger partial charge on any atom is -0.459 e. The van der Waals surface area contributed by atoms with Crippen LogP contribution in [0.5, 0.6) is 0 Å². The topological polar surface area (TPSA) is 120 Å². The van der Waals surface area contributed by atoms with Crippen LogP contribution in [-0.2, 0) is 20.9 Å². The van der Waals surface area contributed by atoms with Crippen LogP contribution >= 0.6 is 0 Å². The molecule has 3 heterocycles. The Hall–Kier alpha value is -3.76. The predicted molar refractivity (Wildman–Crippen MR) is 154 cm³/mol. The van der Waals surface area contributed by atoms with Crippen LogP contribution < -0.4 is 4.90 Å². The molecular weight excluding hydrogens is 521 g/mol. The number of carbonyl (C=O) groups is 2. The van der Waals surface area contributed by atoms with Gasteiger partial charge in [0.15, 0.2) is 0 Å². The highest BCUT2D eigenvalue weighted by atomic mass is 16.5. The molecule has 0 unspecified atom stereocenters. The molecule has 2 amide bonds. The van der Waals surface area contributed by atoms with Gasteiger partial charge < -0.3 is 24.3 Å². The number of carbonyl (C=O) groups excluding carboxylic acids is 2. The van der Waals surface area contributed by atoms with E-state index < -0.39 is 31.0 Å². The molecule has 41 heavy (non-hydrogen) atoms. The first-order chi connectivity index (χ1) is 20.0. The lowest BCUT2D eigenvalue weighted by Crippen LogP contribution is -2.46. The highest BCUT2D eigenvalue weighted by Crippen LogP contribution is 2.51. The summed E-state index contributed by atoms with van der Waals surface area (Å²) in [6, 6.07) is 22.3. The molecule has 0 saturated carbocycles. The first-order valence-electron chi connectivity index (χ1n) is 14.0. The highest BCUT2D eigenvalue weighted by Gasteiger charge is 2.57. The fourth-order valence-electron chi connectivity index (χ4n) is 6.71. The number of furan rings is 1. The van der Waals surface area contributed by atoms with Gasteiger partial charge in [0.25, 0.3) is 0 Å². The zero-order valence-electron chi connectivity index (χ0n) is 22.6. The van der Waals surface area contributed by atoms with Crippen molar-refractivity contribution in [1.82, 2.24) is 0 Å². The number of nitrogens with zero attached hydrogens (tertiary/aromatic N) is 1. The van der Waals surface area contributed by atoms with Gasteiger partial charge in [-0.25, -0.2) is 0 Å². The number of hydrogen-bond acceptors (Lipinski definition) is 7. The molecule has 3 aromatic rings. The maximum absolute atomic E-state index is 13.8. The van der Waals surface area contributed by atoms with Crippen molar-refractivity contribution in [3.05, 3.63) is 101 Å². The summed E-state index contributed by atoms with van der Waals surface area (Å²) in [5.74, 6) is -1.04. The van der Waals surface area contributed by atoms with E-state index in [0.717, 1.165) is 16.7 Å². The summed E-state index contributed by atoms with van der Waals surface area (Å²) in [4.78, 5) is 28.5. The number of rotatable bonds is 8. The fourth-order valence-corrected chi connectivity index (χ4v) is 6.71. The van der Waals surface area contributed by atoms with Gasteiger partial charge in [-0.2, -0.15) is 0 Å². The average Bonchev–Trinajstić information content (AvgIpc) is 3.56. The van der Waals surface area contributed by atoms with Gasteiger partial charge in [0.2, 0.25) is 11.8 Å². The first-order valence-corrected chi connectivity index (χ1v) is 14.0. The predicted octanol–water partition coefficient (Wildman–Crippen LogP) is 4.09. The number of benzene rings is 2. The number of anilines is 1. The number of aliphatic hydroxyl groups excluding tert-OH is 2. The van der Waals surface area contributed by atoms with Gasteiger partial charge in [0.1, 0.15) is 18.1 Å². The normalized spacial score (nSPS) is 24.6. The van der Waals surface area contributed by atoms with E-state index in [4.69, 9.17) is 9.07 Å². The van der Waals surface area contributed by atoms with Gasteiger partial charge in [-0.3, -0.25) is 14.5 Å². The fraction of sp³-hybridized carbons (Fsp3) is 0.312. The summed E-state index contributed by atoms with van der Waals surface area (Å²) in [7, 11) is -1.09. The van der Waals surface area contributed by atoms with Crippen LogP contribution in [0.4, 0.5) is 5.69 Å². The lowest BCUT2D eigenvalue weighted by molar-refractivity contribution is -0.122. The lowest BCUT2D eigenvalue weighted by Gasteiger charge is -2.43. The van der Waals surface area contributed by atoms with E-state index in [2.05, 4.69) is 0 Å². The molecule has 3 N–H and O–H groups in total. The van der Waals surface area contributed by atoms with E-state index in [1.54, 1.807) is 36.4 Å². The lowest BCUT2D eigenvalue weighted by atomic mass is 9.58. The van der Waals surface area contributed by atoms with Crippen molar-refractivity contribution < 1.29 is 33.9 Å². The van der Waals surface area contributed by atoms with E-state index in [9.17, 15) is 24.8 Å². The molecule has 6 rings (SSSR count). The van der Waals surface area contributed by atoms with Crippen LogP contribution in [0.2, 0.25) is 6.32 Å². The smallest absolute Gasteiger partial charge is 0.455 e. The Morgan fingerprint density at radius 3 is 2.34 bits per heavy atom. The maximum atomic E-state index is 13.8. The summed E-state index contributed by atoms with van der Waals surface area (Å²) < 4.78 is 11.8. The SMILES string of the molecule is O=C1[C@@H]2[C@@H](CC(CO)=C3[C@@H](CC/C(=C/c4ccc(CO)o4)c4ccccc4)OB(O)C[C@@H]32)C(=O)N1c1ccccc1. The molecule has 1 aliphatic carbocycles. The second kappa shape index (κ2) is 11.6. The van der Waals surface area contributed by atoms with Crippen LogP contribution in [-0.4, -0.2) is 46.9 Å². The van der Waals surface area contributed by atoms with Crippen LogP contribution in [0, 0.1) is 17.8 Å². The second-order valence-corrected chi connectivity index (χ2v) is 10.9. The van der Waals surface area contributed by atoms with E-state index in [-0.39, 0.29) is 37.8 Å². The molecule has 0 radical (unpaired) electrons. The van der Waals surface area contributed by atoms with Gasteiger partial charge >= 0.3 is 7.12 Å². The molecule has 2 aromatic carbocycles. The van der Waals surface area contributed by atoms with Crippen molar-refractivity contribution >= 4 is 36.3 Å². The summed E-state index contributed by atoms with van der Waals surface area (Å²) in [5.41, 5.74) is 4.06. The van der Waals surface area contributed by atoms with E-state index in [0.29, 0.717) is 35.6 Å². The molecule has 0 spiro atoms. The van der Waals surface area contributed by atoms with E-state index in [1.807, 2.05) is 42.5 Å². The largest absolute Gasteiger partial charge is 0.459 e. The molecule has 8 nitrogen and oxygen atoms in total. The molecule has 210 valence electrons. The minimum atomic E-state index is -1.09. The third-order valence-electron chi connectivity index (χ3n) is 8.49. The van der Waals surface area contributed by atoms with Crippen molar-refractivity contribution in [3.63, 3.8) is 0 Å². The highest BCUT2D eigenvalue weighted by molar-refractivity contribution is 6.43. The third-order valence-corrected chi connectivity index (χ3v) is 8.49. The summed E-state index contributed by atoms with van der Waals surface area (Å²) in [6.45, 7) is -0.428. The summed E-state index contributed by atoms with van der Waals surface area (Å²) >= 11 is 0. The molecule has 2 fully saturated rings. The number of amides is 2. The van der Waals surface area contributed by atoms with Gasteiger partial charge in [-0.1, -0.05) is 48.5 Å². The molecular formula is C32H32BNO7. The quantitative estimate of drug-likeness (QED) is 0.218. The first kappa shape index (κ1) is 27.4. The number of imide groups is 1. The number of hydrogen-bond donors (Lipinski definition) is 3. The Morgan fingerprint density at radius 1 is 0.927 bits per heavy atom. The Bertz CT molecular complexity index is 1480. The summed E-state index contributed by atoms with van der Waals surface area (Å²) in [6.07, 6.45) is 2.92. The van der Waals surface area contributed by atoms with Crippen molar-refractivity contribution in [2.24, 2.45) is 17.8 Å². The number of para-hydroxylation sites is 1. The molecule has 4 atom stereocenters. The van der Waals surface area contributed by atoms with Gasteiger partial charge in [-0.15, -0.1) is 0 Å². The number of aliphatic hydroxyl groups is 2. The monoisotopic (exact) mass is 553 g/mol. The van der Waals surface area contributed by atoms with Gasteiger partial charge in [-0.05, 0) is 84.1 Å². The summed E-state index contributed by atoms with van der Waals surface area (Å²) in [5, 5.41) is 30.6. The van der Waals surface area contributed by atoms with Gasteiger partial charge in [0.05, 0.1) is 30.2 Å². The molecule has 1 aromatic heterocycles. The minimum absolute atomic E-state index is 0.188. The maximum Gasteiger partial charge on any atom is 0.455 e. The Morgan fingerprint density at radius 2 is 1.66 bits per heavy atom. The van der Waals surface area contributed by atoms with Crippen LogP contribution in [0.3, 0.4) is 0 Å².